The number of anilines is 1. The van der Waals surface area contributed by atoms with Gasteiger partial charge in [-0.2, -0.15) is 5.10 Å². The lowest BCUT2D eigenvalue weighted by Gasteiger charge is -2.34. The summed E-state index contributed by atoms with van der Waals surface area (Å²) in [6.45, 7) is 4.99. The number of amides is 2. The smallest absolute Gasteiger partial charge is 0.237 e. The molecule has 2 aromatic heterocycles. The molecule has 3 aromatic rings. The van der Waals surface area contributed by atoms with Crippen molar-refractivity contribution < 1.29 is 9.59 Å². The van der Waals surface area contributed by atoms with Gasteiger partial charge in [0, 0.05) is 43.3 Å². The van der Waals surface area contributed by atoms with E-state index in [1.807, 2.05) is 65.9 Å². The Kier molecular flexibility index (Phi) is 4.61. The van der Waals surface area contributed by atoms with Gasteiger partial charge in [0.2, 0.25) is 11.8 Å². The average molecular weight is 415 g/mol. The summed E-state index contributed by atoms with van der Waals surface area (Å²) in [5.74, 6) is -0.0214. The molecule has 1 saturated heterocycles. The molecule has 0 aliphatic carbocycles. The van der Waals surface area contributed by atoms with E-state index in [-0.39, 0.29) is 11.8 Å². The van der Waals surface area contributed by atoms with Crippen molar-refractivity contribution in [2.75, 3.05) is 11.9 Å². The highest BCUT2D eigenvalue weighted by Crippen LogP contribution is 2.54. The minimum Gasteiger partial charge on any atom is -0.334 e. The quantitative estimate of drug-likeness (QED) is 0.710. The number of nitrogens with one attached hydrogen (secondary N) is 1. The first kappa shape index (κ1) is 19.5. The largest absolute Gasteiger partial charge is 0.334 e. The fourth-order valence-electron chi connectivity index (χ4n) is 5.20. The second-order valence-corrected chi connectivity index (χ2v) is 8.40. The molecule has 2 unspecified atom stereocenters. The van der Waals surface area contributed by atoms with Crippen molar-refractivity contribution in [3.05, 3.63) is 77.4 Å². The Morgan fingerprint density at radius 3 is 2.81 bits per heavy atom. The van der Waals surface area contributed by atoms with Crippen molar-refractivity contribution in [2.45, 2.75) is 44.7 Å². The predicted molar refractivity (Wildman–Crippen MR) is 116 cm³/mol. The second kappa shape index (κ2) is 7.34. The van der Waals surface area contributed by atoms with Crippen molar-refractivity contribution in [3.8, 4) is 0 Å². The summed E-state index contributed by atoms with van der Waals surface area (Å²) in [5, 5.41) is 7.52. The van der Waals surface area contributed by atoms with Gasteiger partial charge in [-0.15, -0.1) is 0 Å². The maximum Gasteiger partial charge on any atom is 0.237 e. The molecule has 1 fully saturated rings. The monoisotopic (exact) mass is 415 g/mol. The summed E-state index contributed by atoms with van der Waals surface area (Å²) in [4.78, 5) is 32.9. The Balaban J connectivity index is 1.50. The van der Waals surface area contributed by atoms with E-state index in [9.17, 15) is 9.59 Å². The number of likely N-dealkylation sites (tertiary alicyclic amines) is 1. The zero-order valence-corrected chi connectivity index (χ0v) is 17.7. The maximum absolute atomic E-state index is 13.4. The van der Waals surface area contributed by atoms with Crippen molar-refractivity contribution >= 4 is 17.5 Å². The highest BCUT2D eigenvalue weighted by atomic mass is 16.2. The minimum atomic E-state index is -0.798. The molecule has 1 spiro atoms. The number of hydrogen-bond donors (Lipinski definition) is 1. The summed E-state index contributed by atoms with van der Waals surface area (Å²) < 4.78 is 1.87. The standard InChI is InChI=1S/C24H25N5O2/c1-16-14-17(2)29(27-16)12-9-21(30)28-13-10-24(22(28)18-6-5-11-25-15-18)19-7-3-4-8-20(19)26-23(24)31/h3-8,11,14-15,22H,9-10,12-13H2,1-2H3,(H,26,31). The third-order valence-electron chi connectivity index (χ3n) is 6.55. The lowest BCUT2D eigenvalue weighted by molar-refractivity contribution is -0.133. The van der Waals surface area contributed by atoms with Crippen molar-refractivity contribution in [1.29, 1.82) is 0 Å². The Labute approximate surface area is 181 Å². The van der Waals surface area contributed by atoms with Gasteiger partial charge in [0.25, 0.3) is 0 Å². The molecular formula is C24H25N5O2. The Bertz CT molecular complexity index is 1160. The Morgan fingerprint density at radius 2 is 2.06 bits per heavy atom. The molecule has 0 bridgehead atoms. The number of aryl methyl sites for hydroxylation is 3. The molecule has 2 aliphatic rings. The molecule has 31 heavy (non-hydrogen) atoms. The maximum atomic E-state index is 13.4. The molecule has 1 N–H and O–H groups in total. The van der Waals surface area contributed by atoms with Gasteiger partial charge >= 0.3 is 0 Å². The normalized spacial score (nSPS) is 22.1. The van der Waals surface area contributed by atoms with Gasteiger partial charge < -0.3 is 10.2 Å². The van der Waals surface area contributed by atoms with E-state index in [0.29, 0.717) is 25.9 Å². The number of nitrogens with zero attached hydrogens (tertiary/aromatic N) is 4. The van der Waals surface area contributed by atoms with Crippen LogP contribution >= 0.6 is 0 Å². The van der Waals surface area contributed by atoms with Crippen LogP contribution in [0.1, 0.15) is 41.4 Å². The lowest BCUT2D eigenvalue weighted by Crippen LogP contribution is -2.42. The van der Waals surface area contributed by atoms with Crippen LogP contribution in [0.25, 0.3) is 0 Å². The molecule has 5 rings (SSSR count). The molecule has 7 nitrogen and oxygen atoms in total. The molecule has 2 amide bonds. The lowest BCUT2D eigenvalue weighted by atomic mass is 9.73. The number of carbonyl (C=O) groups is 2. The van der Waals surface area contributed by atoms with E-state index in [4.69, 9.17) is 0 Å². The summed E-state index contributed by atoms with van der Waals surface area (Å²) in [7, 11) is 0. The Morgan fingerprint density at radius 1 is 1.23 bits per heavy atom. The molecule has 2 aliphatic heterocycles. The topological polar surface area (TPSA) is 80.1 Å². The molecular weight excluding hydrogens is 390 g/mol. The van der Waals surface area contributed by atoms with Crippen LogP contribution in [0.4, 0.5) is 5.69 Å². The van der Waals surface area contributed by atoms with Crippen LogP contribution in [0.2, 0.25) is 0 Å². The van der Waals surface area contributed by atoms with Crippen LogP contribution in [0.5, 0.6) is 0 Å². The second-order valence-electron chi connectivity index (χ2n) is 8.40. The number of hydrogen-bond acceptors (Lipinski definition) is 4. The van der Waals surface area contributed by atoms with E-state index in [1.54, 1.807) is 12.4 Å². The highest BCUT2D eigenvalue weighted by Gasteiger charge is 2.59. The molecule has 0 radical (unpaired) electrons. The molecule has 1 aromatic carbocycles. The fraction of sp³-hybridized carbons (Fsp3) is 0.333. The molecule has 158 valence electrons. The van der Waals surface area contributed by atoms with E-state index < -0.39 is 11.5 Å². The Hall–Kier alpha value is -3.48. The third-order valence-corrected chi connectivity index (χ3v) is 6.55. The van der Waals surface area contributed by atoms with Crippen molar-refractivity contribution in [2.24, 2.45) is 0 Å². The van der Waals surface area contributed by atoms with Crippen molar-refractivity contribution in [1.82, 2.24) is 19.7 Å². The van der Waals surface area contributed by atoms with Crippen LogP contribution in [0, 0.1) is 13.8 Å². The average Bonchev–Trinajstić information content (AvgIpc) is 3.41. The highest BCUT2D eigenvalue weighted by molar-refractivity contribution is 6.07. The van der Waals surface area contributed by atoms with E-state index in [2.05, 4.69) is 15.4 Å². The SMILES string of the molecule is Cc1cc(C)n(CCC(=O)N2CCC3(C(=O)Nc4ccccc43)C2c2cccnc2)n1. The number of fused-ring (bicyclic) bond motifs is 2. The molecule has 2 atom stereocenters. The van der Waals surface area contributed by atoms with Crippen LogP contribution in [0.3, 0.4) is 0 Å². The van der Waals surface area contributed by atoms with Crippen molar-refractivity contribution in [3.63, 3.8) is 0 Å². The predicted octanol–water partition coefficient (Wildman–Crippen LogP) is 3.15. The fourth-order valence-corrected chi connectivity index (χ4v) is 5.20. The van der Waals surface area contributed by atoms with Crippen LogP contribution in [-0.4, -0.2) is 38.0 Å². The molecule has 4 heterocycles. The number of pyridine rings is 1. The zero-order chi connectivity index (χ0) is 21.6. The minimum absolute atomic E-state index is 0.0236. The van der Waals surface area contributed by atoms with Gasteiger partial charge in [-0.05, 0) is 49.6 Å². The van der Waals surface area contributed by atoms with Gasteiger partial charge in [-0.1, -0.05) is 24.3 Å². The van der Waals surface area contributed by atoms with Gasteiger partial charge in [0.15, 0.2) is 0 Å². The number of rotatable bonds is 4. The summed E-state index contributed by atoms with van der Waals surface area (Å²) >= 11 is 0. The van der Waals surface area contributed by atoms with Crippen LogP contribution in [0.15, 0.2) is 54.9 Å². The van der Waals surface area contributed by atoms with Gasteiger partial charge in [-0.3, -0.25) is 19.3 Å². The number of carbonyl (C=O) groups excluding carboxylic acids is 2. The molecule has 0 saturated carbocycles. The van der Waals surface area contributed by atoms with Crippen LogP contribution < -0.4 is 5.32 Å². The first-order valence-electron chi connectivity index (χ1n) is 10.6. The molecule has 7 heteroatoms. The van der Waals surface area contributed by atoms with E-state index in [0.717, 1.165) is 28.2 Å². The van der Waals surface area contributed by atoms with Gasteiger partial charge in [0.05, 0.1) is 11.7 Å². The first-order valence-corrected chi connectivity index (χ1v) is 10.6. The van der Waals surface area contributed by atoms with Gasteiger partial charge in [0.1, 0.15) is 5.41 Å². The van der Waals surface area contributed by atoms with E-state index in [1.165, 1.54) is 0 Å². The number of benzene rings is 1. The third kappa shape index (κ3) is 3.03. The number of para-hydroxylation sites is 1. The number of aromatic nitrogens is 3. The summed E-state index contributed by atoms with van der Waals surface area (Å²) in [5.41, 5.74) is 3.86. The zero-order valence-electron chi connectivity index (χ0n) is 17.7. The first-order chi connectivity index (χ1) is 15.0. The van der Waals surface area contributed by atoms with Gasteiger partial charge in [-0.25, -0.2) is 0 Å². The summed E-state index contributed by atoms with van der Waals surface area (Å²) in [6.07, 6.45) is 4.40. The van der Waals surface area contributed by atoms with E-state index >= 15 is 0 Å². The summed E-state index contributed by atoms with van der Waals surface area (Å²) in [6, 6.07) is 13.2. The van der Waals surface area contributed by atoms with Crippen LogP contribution in [-0.2, 0) is 21.5 Å².